The average Bonchev–Trinajstić information content (AvgIpc) is 3.47. The monoisotopic (exact) mass is 637 g/mol. The predicted octanol–water partition coefficient (Wildman–Crippen LogP) is 1.60. The van der Waals surface area contributed by atoms with Crippen LogP contribution in [0.15, 0.2) is 30.0 Å². The zero-order chi connectivity index (χ0) is 32.9. The van der Waals surface area contributed by atoms with Gasteiger partial charge in [0, 0.05) is 17.1 Å². The van der Waals surface area contributed by atoms with Crippen LogP contribution < -0.4 is 21.9 Å². The Balaban J connectivity index is 1.92. The van der Waals surface area contributed by atoms with Crippen molar-refractivity contribution in [2.75, 3.05) is 46.2 Å². The molecule has 0 bridgehead atoms. The van der Waals surface area contributed by atoms with Crippen LogP contribution in [0.1, 0.15) is 64.6 Å². The Morgan fingerprint density at radius 1 is 1.02 bits per heavy atom. The van der Waals surface area contributed by atoms with Gasteiger partial charge < -0.3 is 40.3 Å². The van der Waals surface area contributed by atoms with Gasteiger partial charge in [-0.2, -0.15) is 0 Å². The molecule has 6 N–H and O–H groups in total. The van der Waals surface area contributed by atoms with Gasteiger partial charge in [0.15, 0.2) is 0 Å². The van der Waals surface area contributed by atoms with Crippen LogP contribution in [0.2, 0.25) is 0 Å². The lowest BCUT2D eigenvalue weighted by Gasteiger charge is -2.35. The number of thiol groups is 1. The number of nitrogens with zero attached hydrogens (tertiary/aromatic N) is 1. The van der Waals surface area contributed by atoms with E-state index in [4.69, 9.17) is 25.2 Å². The second-order valence-electron chi connectivity index (χ2n) is 11.6. The molecule has 13 nitrogen and oxygen atoms in total. The molecule has 44 heavy (non-hydrogen) atoms. The predicted molar refractivity (Wildman–Crippen MR) is 168 cm³/mol. The quantitative estimate of drug-likeness (QED) is 0.0636. The van der Waals surface area contributed by atoms with E-state index in [9.17, 15) is 19.2 Å². The molecule has 0 radical (unpaired) electrons. The molecule has 2 rings (SSSR count). The van der Waals surface area contributed by atoms with E-state index in [-0.39, 0.29) is 50.9 Å². The number of carbonyl (C=O) groups excluding carboxylic acids is 3. The number of hydrazine groups is 1. The smallest absolute Gasteiger partial charge is 0.329 e. The van der Waals surface area contributed by atoms with Gasteiger partial charge in [0.25, 0.3) is 0 Å². The molecule has 1 aromatic rings. The number of nitrogens with one attached hydrogen (secondary N) is 3. The lowest BCUT2D eigenvalue weighted by Crippen LogP contribution is -2.58. The number of ether oxygens (including phenoxy) is 3. The second kappa shape index (κ2) is 18.0. The highest BCUT2D eigenvalue weighted by molar-refractivity contribution is 7.90. The summed E-state index contributed by atoms with van der Waals surface area (Å²) < 4.78 is 15.5. The molecule has 14 heteroatoms. The molecule has 0 saturated carbocycles. The van der Waals surface area contributed by atoms with Crippen molar-refractivity contribution < 1.29 is 38.5 Å². The number of nitrogens with two attached hydrogens (primary N) is 1. The maximum absolute atomic E-state index is 13.7. The summed E-state index contributed by atoms with van der Waals surface area (Å²) in [5, 5.41) is 14.3. The van der Waals surface area contributed by atoms with Crippen molar-refractivity contribution in [3.63, 3.8) is 0 Å². The molecule has 1 heterocycles. The van der Waals surface area contributed by atoms with Crippen LogP contribution in [0.3, 0.4) is 0 Å². The molecule has 0 aromatic heterocycles. The summed E-state index contributed by atoms with van der Waals surface area (Å²) in [5.41, 5.74) is 4.47. The van der Waals surface area contributed by atoms with Gasteiger partial charge in [-0.25, -0.2) is 4.79 Å². The minimum Gasteiger partial charge on any atom is -0.480 e. The summed E-state index contributed by atoms with van der Waals surface area (Å²) in [5.74, 6) is 3.39. The van der Waals surface area contributed by atoms with Crippen molar-refractivity contribution in [3.8, 4) is 0 Å². The fourth-order valence-corrected chi connectivity index (χ4v) is 4.80. The van der Waals surface area contributed by atoms with Crippen molar-refractivity contribution in [1.82, 2.24) is 21.0 Å². The van der Waals surface area contributed by atoms with Gasteiger partial charge >= 0.3 is 5.97 Å². The van der Waals surface area contributed by atoms with Gasteiger partial charge in [0.05, 0.1) is 32.5 Å². The van der Waals surface area contributed by atoms with Crippen molar-refractivity contribution >= 4 is 41.2 Å². The molecular formula is C30H47N5O8S. The number of amides is 3. The van der Waals surface area contributed by atoms with Crippen LogP contribution in [0, 0.1) is 5.41 Å². The first-order valence-electron chi connectivity index (χ1n) is 14.6. The number of carboxylic acids is 1. The molecule has 1 saturated heterocycles. The van der Waals surface area contributed by atoms with Gasteiger partial charge in [0.2, 0.25) is 17.7 Å². The largest absolute Gasteiger partial charge is 0.480 e. The van der Waals surface area contributed by atoms with E-state index in [0.29, 0.717) is 24.3 Å². The number of benzene rings is 1. The number of carbonyl (C=O) groups is 4. The molecule has 1 aliphatic heterocycles. The van der Waals surface area contributed by atoms with E-state index >= 15 is 0 Å². The van der Waals surface area contributed by atoms with Crippen LogP contribution in [0.5, 0.6) is 0 Å². The molecule has 3 atom stereocenters. The number of aliphatic carboxylic acids is 1. The molecule has 0 aliphatic carbocycles. The molecular weight excluding hydrogens is 590 g/mol. The number of hydrogen-bond acceptors (Lipinski definition) is 10. The van der Waals surface area contributed by atoms with Gasteiger partial charge in [-0.15, -0.1) is 12.6 Å². The molecule has 0 spiro atoms. The van der Waals surface area contributed by atoms with E-state index in [2.05, 4.69) is 28.7 Å². The first-order valence-corrected chi connectivity index (χ1v) is 15.0. The van der Waals surface area contributed by atoms with Gasteiger partial charge in [-0.3, -0.25) is 20.2 Å². The zero-order valence-electron chi connectivity index (χ0n) is 26.2. The van der Waals surface area contributed by atoms with Crippen LogP contribution in [0.25, 0.3) is 4.91 Å². The Morgan fingerprint density at radius 3 is 2.18 bits per heavy atom. The van der Waals surface area contributed by atoms with E-state index in [0.717, 1.165) is 16.8 Å². The molecule has 246 valence electrons. The SMILES string of the molecule is C/C(NN)=C(/S)c1ccc([C@H](C)NC(=O)[C@@H]2CCCN2C(=O)C(NC(=O)COCCOCCOCC(=O)O)C(C)(C)C)cc1. The van der Waals surface area contributed by atoms with E-state index in [1.807, 2.05) is 58.9 Å². The van der Waals surface area contributed by atoms with Gasteiger partial charge in [-0.05, 0) is 43.2 Å². The maximum Gasteiger partial charge on any atom is 0.329 e. The molecule has 1 fully saturated rings. The zero-order valence-corrected chi connectivity index (χ0v) is 27.1. The minimum absolute atomic E-state index is 0.131. The summed E-state index contributed by atoms with van der Waals surface area (Å²) in [4.78, 5) is 52.4. The first kappa shape index (κ1) is 37.0. The highest BCUT2D eigenvalue weighted by Gasteiger charge is 2.42. The van der Waals surface area contributed by atoms with Gasteiger partial charge in [-0.1, -0.05) is 45.0 Å². The van der Waals surface area contributed by atoms with Crippen LogP contribution in [-0.4, -0.2) is 92.0 Å². The molecule has 1 aliphatic rings. The Kier molecular flexibility index (Phi) is 15.1. The Labute approximate surface area is 264 Å². The van der Waals surface area contributed by atoms with Crippen molar-refractivity contribution in [3.05, 3.63) is 41.1 Å². The number of allylic oxidation sites excluding steroid dienone is 1. The average molecular weight is 638 g/mol. The topological polar surface area (TPSA) is 182 Å². The number of rotatable bonds is 17. The molecule has 3 amide bonds. The van der Waals surface area contributed by atoms with Crippen LogP contribution >= 0.6 is 12.6 Å². The van der Waals surface area contributed by atoms with Crippen molar-refractivity contribution in [2.45, 2.75) is 65.6 Å². The normalized spacial score (nSPS) is 17.0. The third kappa shape index (κ3) is 11.7. The van der Waals surface area contributed by atoms with Crippen molar-refractivity contribution in [1.29, 1.82) is 0 Å². The summed E-state index contributed by atoms with van der Waals surface area (Å²) in [6.07, 6.45) is 1.20. The van der Waals surface area contributed by atoms with Gasteiger partial charge in [0.1, 0.15) is 25.3 Å². The van der Waals surface area contributed by atoms with Crippen molar-refractivity contribution in [2.24, 2.45) is 11.3 Å². The van der Waals surface area contributed by atoms with Crippen LogP contribution in [-0.2, 0) is 33.4 Å². The minimum atomic E-state index is -1.06. The number of likely N-dealkylation sites (tertiary alicyclic amines) is 1. The Hall–Kier alpha value is -3.17. The third-order valence-electron chi connectivity index (χ3n) is 7.07. The highest BCUT2D eigenvalue weighted by Crippen LogP contribution is 2.27. The molecule has 1 aromatic carbocycles. The summed E-state index contributed by atoms with van der Waals surface area (Å²) >= 11 is 4.50. The van der Waals surface area contributed by atoms with E-state index < -0.39 is 36.0 Å². The highest BCUT2D eigenvalue weighted by atomic mass is 32.1. The second-order valence-corrected chi connectivity index (χ2v) is 12.1. The maximum atomic E-state index is 13.7. The van der Waals surface area contributed by atoms with Crippen LogP contribution in [0.4, 0.5) is 0 Å². The summed E-state index contributed by atoms with van der Waals surface area (Å²) in [6.45, 7) is 9.66. The fraction of sp³-hybridized carbons (Fsp3) is 0.600. The fourth-order valence-electron chi connectivity index (χ4n) is 4.59. The third-order valence-corrected chi connectivity index (χ3v) is 7.67. The lowest BCUT2D eigenvalue weighted by molar-refractivity contribution is -0.144. The molecule has 1 unspecified atom stereocenters. The lowest BCUT2D eigenvalue weighted by atomic mass is 9.85. The number of hydrogen-bond donors (Lipinski definition) is 6. The number of carboxylic acid groups (broad SMARTS) is 1. The van der Waals surface area contributed by atoms with E-state index in [1.54, 1.807) is 4.90 Å². The summed E-state index contributed by atoms with van der Waals surface area (Å²) in [7, 11) is 0. The first-order chi connectivity index (χ1) is 20.8. The summed E-state index contributed by atoms with van der Waals surface area (Å²) in [6, 6.07) is 5.81. The Morgan fingerprint density at radius 2 is 1.61 bits per heavy atom. The Bertz CT molecular complexity index is 1160. The standard InChI is InChI=1S/C30H47N5O8S/c1-19(21-8-10-22(11-9-21)26(44)20(2)34-31)32-28(39)23-7-6-12-35(23)29(40)27(30(3,4)5)33-24(36)17-42-15-13-41-14-16-43-18-25(37)38/h8-11,19,23,27,34,44H,6-7,12-18,31H2,1-5H3,(H,32,39)(H,33,36)(H,37,38)/b26-20-/t19-,23-,27?/m0/s1. The van der Waals surface area contributed by atoms with E-state index in [1.165, 1.54) is 0 Å².